The van der Waals surface area contributed by atoms with Gasteiger partial charge in [-0.25, -0.2) is 4.99 Å². The van der Waals surface area contributed by atoms with E-state index in [0.717, 1.165) is 17.9 Å². The second-order valence-electron chi connectivity index (χ2n) is 6.78. The van der Waals surface area contributed by atoms with E-state index in [4.69, 9.17) is 4.74 Å². The van der Waals surface area contributed by atoms with Crippen LogP contribution in [0.4, 0.5) is 0 Å². The zero-order valence-electron chi connectivity index (χ0n) is 17.5. The lowest BCUT2D eigenvalue weighted by Crippen LogP contribution is -2.44. The maximum absolute atomic E-state index is 11.9. The number of carbonyl (C=O) groups excluding carboxylic acids is 1. The van der Waals surface area contributed by atoms with Gasteiger partial charge in [-0.1, -0.05) is 37.3 Å². The van der Waals surface area contributed by atoms with Crippen LogP contribution in [0.5, 0.6) is 5.75 Å². The number of hydrogen-bond donors (Lipinski definition) is 2. The van der Waals surface area contributed by atoms with Crippen LogP contribution < -0.4 is 15.4 Å². The van der Waals surface area contributed by atoms with Crippen molar-refractivity contribution >= 4 is 23.6 Å². The summed E-state index contributed by atoms with van der Waals surface area (Å²) in [6.45, 7) is 3.60. The van der Waals surface area contributed by atoms with E-state index in [1.165, 1.54) is 4.90 Å². The van der Waals surface area contributed by atoms with Crippen molar-refractivity contribution in [1.82, 2.24) is 15.5 Å². The summed E-state index contributed by atoms with van der Waals surface area (Å²) < 4.78 is 5.19. The van der Waals surface area contributed by atoms with E-state index in [1.807, 2.05) is 42.5 Å². The molecule has 0 saturated heterocycles. The molecule has 29 heavy (non-hydrogen) atoms. The Morgan fingerprint density at radius 3 is 2.41 bits per heavy atom. The van der Waals surface area contributed by atoms with E-state index in [-0.39, 0.29) is 12.5 Å². The number of methoxy groups -OCH3 is 1. The molecule has 1 atom stereocenters. The highest BCUT2D eigenvalue weighted by Crippen LogP contribution is 2.21. The maximum Gasteiger partial charge on any atom is 0.241 e. The number of carbonyl (C=O) groups is 1. The molecule has 0 bridgehead atoms. The minimum Gasteiger partial charge on any atom is -0.497 e. The Hall–Kier alpha value is -2.67. The molecular formula is C22H30N4O2S. The van der Waals surface area contributed by atoms with E-state index >= 15 is 0 Å². The number of guanidine groups is 1. The standard InChI is InChI=1S/C22H30N4O2S/c1-17(29-20-8-6-5-7-9-20)14-23-22(25-16-21(27)26(2)3)24-15-18-10-12-19(28-4)13-11-18/h5-13,17H,14-16H2,1-4H3,(H2,23,24,25). The minimum absolute atomic E-state index is 0.00402. The van der Waals surface area contributed by atoms with Gasteiger partial charge in [0.2, 0.25) is 5.91 Å². The predicted octanol–water partition coefficient (Wildman–Crippen LogP) is 3.00. The summed E-state index contributed by atoms with van der Waals surface area (Å²) in [7, 11) is 5.13. The maximum atomic E-state index is 11.9. The lowest BCUT2D eigenvalue weighted by atomic mass is 10.2. The van der Waals surface area contributed by atoms with Gasteiger partial charge >= 0.3 is 0 Å². The fourth-order valence-electron chi connectivity index (χ4n) is 2.41. The first kappa shape index (κ1) is 22.6. The van der Waals surface area contributed by atoms with Gasteiger partial charge in [-0.2, -0.15) is 0 Å². The Morgan fingerprint density at radius 2 is 1.79 bits per heavy atom. The fraction of sp³-hybridized carbons (Fsp3) is 0.364. The van der Waals surface area contributed by atoms with Gasteiger partial charge in [-0.3, -0.25) is 4.79 Å². The van der Waals surface area contributed by atoms with Crippen molar-refractivity contribution in [3.8, 4) is 5.75 Å². The number of thioether (sulfide) groups is 1. The van der Waals surface area contributed by atoms with Crippen LogP contribution in [-0.2, 0) is 11.3 Å². The molecule has 1 unspecified atom stereocenters. The summed E-state index contributed by atoms with van der Waals surface area (Å²) in [4.78, 5) is 19.4. The molecule has 0 aliphatic rings. The summed E-state index contributed by atoms with van der Waals surface area (Å²) >= 11 is 1.80. The average molecular weight is 415 g/mol. The number of likely N-dealkylation sites (N-methyl/N-ethyl adjacent to an activating group) is 1. The van der Waals surface area contributed by atoms with Gasteiger partial charge in [0, 0.05) is 30.8 Å². The van der Waals surface area contributed by atoms with Crippen LogP contribution in [-0.4, -0.2) is 56.3 Å². The van der Waals surface area contributed by atoms with Gasteiger partial charge in [-0.15, -0.1) is 11.8 Å². The Labute approximate surface area is 177 Å². The first-order valence-corrected chi connectivity index (χ1v) is 10.4. The average Bonchev–Trinajstić information content (AvgIpc) is 2.74. The molecule has 2 rings (SSSR count). The Bertz CT molecular complexity index is 779. The van der Waals surface area contributed by atoms with Gasteiger partial charge in [0.1, 0.15) is 5.75 Å². The quantitative estimate of drug-likeness (QED) is 0.375. The van der Waals surface area contributed by atoms with Crippen LogP contribution in [0.1, 0.15) is 12.5 Å². The molecule has 6 nitrogen and oxygen atoms in total. The molecule has 156 valence electrons. The van der Waals surface area contributed by atoms with Crippen LogP contribution >= 0.6 is 11.8 Å². The topological polar surface area (TPSA) is 66.0 Å². The number of amides is 1. The normalized spacial score (nSPS) is 12.2. The van der Waals surface area contributed by atoms with Crippen molar-refractivity contribution in [2.75, 3.05) is 34.3 Å². The number of benzene rings is 2. The lowest BCUT2D eigenvalue weighted by molar-refractivity contribution is -0.127. The molecule has 1 amide bonds. The van der Waals surface area contributed by atoms with Crippen LogP contribution in [0.2, 0.25) is 0 Å². The third-order valence-corrected chi connectivity index (χ3v) is 5.24. The highest BCUT2D eigenvalue weighted by Gasteiger charge is 2.09. The van der Waals surface area contributed by atoms with Crippen molar-refractivity contribution in [1.29, 1.82) is 0 Å². The number of ether oxygens (including phenoxy) is 1. The molecule has 0 aliphatic heterocycles. The Morgan fingerprint density at radius 1 is 1.10 bits per heavy atom. The van der Waals surface area contributed by atoms with Crippen molar-refractivity contribution < 1.29 is 9.53 Å². The second kappa shape index (κ2) is 12.0. The van der Waals surface area contributed by atoms with Gasteiger partial charge in [-0.05, 0) is 29.8 Å². The monoisotopic (exact) mass is 414 g/mol. The van der Waals surface area contributed by atoms with Crippen molar-refractivity contribution in [3.05, 3.63) is 60.2 Å². The Kier molecular flexibility index (Phi) is 9.37. The second-order valence-corrected chi connectivity index (χ2v) is 8.29. The van der Waals surface area contributed by atoms with Crippen LogP contribution in [0.3, 0.4) is 0 Å². The fourth-order valence-corrected chi connectivity index (χ4v) is 3.35. The van der Waals surface area contributed by atoms with Gasteiger partial charge in [0.05, 0.1) is 20.2 Å². The summed E-state index contributed by atoms with van der Waals surface area (Å²) in [5.74, 6) is 1.43. The molecule has 0 spiro atoms. The molecule has 7 heteroatoms. The van der Waals surface area contributed by atoms with Crippen molar-refractivity contribution in [2.24, 2.45) is 4.99 Å². The highest BCUT2D eigenvalue weighted by molar-refractivity contribution is 8.00. The highest BCUT2D eigenvalue weighted by atomic mass is 32.2. The molecule has 2 aromatic rings. The largest absolute Gasteiger partial charge is 0.497 e. The summed E-state index contributed by atoms with van der Waals surface area (Å²) in [6, 6.07) is 18.1. The summed E-state index contributed by atoms with van der Waals surface area (Å²) in [6.07, 6.45) is 0. The summed E-state index contributed by atoms with van der Waals surface area (Å²) in [5, 5.41) is 6.82. The molecule has 0 heterocycles. The van der Waals surface area contributed by atoms with Gasteiger partial charge in [0.15, 0.2) is 5.96 Å². The molecule has 0 saturated carbocycles. The molecule has 2 aromatic carbocycles. The molecule has 0 aromatic heterocycles. The zero-order valence-corrected chi connectivity index (χ0v) is 18.3. The zero-order chi connectivity index (χ0) is 21.1. The van der Waals surface area contributed by atoms with E-state index in [0.29, 0.717) is 17.8 Å². The molecule has 0 fully saturated rings. The molecule has 2 N–H and O–H groups in total. The number of hydrogen-bond acceptors (Lipinski definition) is 4. The number of nitrogens with zero attached hydrogens (tertiary/aromatic N) is 2. The van der Waals surface area contributed by atoms with E-state index in [1.54, 1.807) is 37.9 Å². The van der Waals surface area contributed by atoms with Crippen molar-refractivity contribution in [3.63, 3.8) is 0 Å². The molecule has 0 aliphatic carbocycles. The lowest BCUT2D eigenvalue weighted by Gasteiger charge is -2.17. The van der Waals surface area contributed by atoms with Gasteiger partial charge in [0.25, 0.3) is 0 Å². The number of aliphatic imine (C=N–C) groups is 1. The van der Waals surface area contributed by atoms with E-state index in [2.05, 4.69) is 34.7 Å². The van der Waals surface area contributed by atoms with Crippen LogP contribution in [0.25, 0.3) is 0 Å². The third-order valence-electron chi connectivity index (χ3n) is 4.12. The minimum atomic E-state index is -0.00402. The third kappa shape index (κ3) is 8.48. The molecular weight excluding hydrogens is 384 g/mol. The SMILES string of the molecule is COc1ccc(CN=C(NCC(=O)N(C)C)NCC(C)Sc2ccccc2)cc1. The van der Waals surface area contributed by atoms with Crippen LogP contribution in [0.15, 0.2) is 64.5 Å². The van der Waals surface area contributed by atoms with E-state index < -0.39 is 0 Å². The molecule has 0 radical (unpaired) electrons. The Balaban J connectivity index is 1.96. The number of nitrogens with one attached hydrogen (secondary N) is 2. The first-order valence-electron chi connectivity index (χ1n) is 9.55. The predicted molar refractivity (Wildman–Crippen MR) is 121 cm³/mol. The number of rotatable bonds is 9. The smallest absolute Gasteiger partial charge is 0.241 e. The van der Waals surface area contributed by atoms with Gasteiger partial charge < -0.3 is 20.3 Å². The van der Waals surface area contributed by atoms with Crippen molar-refractivity contribution in [2.45, 2.75) is 23.6 Å². The first-order chi connectivity index (χ1) is 14.0. The summed E-state index contributed by atoms with van der Waals surface area (Å²) in [5.41, 5.74) is 1.07. The van der Waals surface area contributed by atoms with Crippen LogP contribution in [0, 0.1) is 0 Å². The van der Waals surface area contributed by atoms with E-state index in [9.17, 15) is 4.79 Å².